The minimum Gasteiger partial charge on any atom is -0.333 e. The maximum atomic E-state index is 9.02. The van der Waals surface area contributed by atoms with Gasteiger partial charge in [-0.1, -0.05) is 5.16 Å². The molecule has 0 bridgehead atoms. The molecule has 1 unspecified atom stereocenters. The predicted octanol–water partition coefficient (Wildman–Crippen LogP) is 2.39. The van der Waals surface area contributed by atoms with Gasteiger partial charge in [0, 0.05) is 18.1 Å². The minimum atomic E-state index is 0.196. The van der Waals surface area contributed by atoms with Crippen LogP contribution in [0.15, 0.2) is 16.0 Å². The largest absolute Gasteiger partial charge is 0.333 e. The lowest BCUT2D eigenvalue weighted by atomic mass is 10.2. The fourth-order valence-electron chi connectivity index (χ4n) is 1.98. The van der Waals surface area contributed by atoms with Gasteiger partial charge in [0.05, 0.1) is 11.6 Å². The Bertz CT molecular complexity index is 615. The van der Waals surface area contributed by atoms with Crippen molar-refractivity contribution >= 4 is 23.1 Å². The van der Waals surface area contributed by atoms with Crippen LogP contribution in [0.3, 0.4) is 0 Å². The first-order chi connectivity index (χ1) is 9.29. The van der Waals surface area contributed by atoms with Gasteiger partial charge in [-0.05, 0) is 18.5 Å². The molecule has 98 valence electrons. The van der Waals surface area contributed by atoms with Crippen LogP contribution in [0.25, 0.3) is 10.8 Å². The van der Waals surface area contributed by atoms with Gasteiger partial charge in [0.25, 0.3) is 5.89 Å². The van der Waals surface area contributed by atoms with Gasteiger partial charge < -0.3 is 4.52 Å². The molecule has 2 aromatic heterocycles. The molecule has 1 atom stereocenters. The molecule has 7 heteroatoms. The Morgan fingerprint density at radius 1 is 1.58 bits per heavy atom. The molecule has 5 nitrogen and oxygen atoms in total. The lowest BCUT2D eigenvalue weighted by Gasteiger charge is -2.29. The fourth-order valence-corrected chi connectivity index (χ4v) is 3.96. The average molecular weight is 292 g/mol. The fraction of sp³-hybridized carbons (Fsp3) is 0.417. The van der Waals surface area contributed by atoms with Gasteiger partial charge >= 0.3 is 0 Å². The summed E-state index contributed by atoms with van der Waals surface area (Å²) in [6, 6.07) is 4.11. The third kappa shape index (κ3) is 2.39. The summed E-state index contributed by atoms with van der Waals surface area (Å²) in [6.07, 6.45) is 0. The Morgan fingerprint density at radius 2 is 2.47 bits per heavy atom. The number of thioether (sulfide) groups is 1. The molecule has 1 fully saturated rings. The highest BCUT2D eigenvalue weighted by Crippen LogP contribution is 2.31. The van der Waals surface area contributed by atoms with Crippen molar-refractivity contribution in [1.29, 1.82) is 5.26 Å². The van der Waals surface area contributed by atoms with Gasteiger partial charge in [0.1, 0.15) is 10.9 Å². The molecule has 0 spiro atoms. The first kappa shape index (κ1) is 12.7. The van der Waals surface area contributed by atoms with Crippen molar-refractivity contribution in [2.75, 3.05) is 25.1 Å². The molecule has 0 N–H and O–H groups in total. The average Bonchev–Trinajstić information content (AvgIpc) is 3.07. The molecule has 0 saturated carbocycles. The highest BCUT2D eigenvalue weighted by atomic mass is 32.2. The summed E-state index contributed by atoms with van der Waals surface area (Å²) in [5.41, 5.74) is 0.589. The van der Waals surface area contributed by atoms with E-state index in [9.17, 15) is 0 Å². The monoisotopic (exact) mass is 292 g/mol. The summed E-state index contributed by atoms with van der Waals surface area (Å²) in [5, 5.41) is 15.0. The molecule has 1 aliphatic rings. The molecule has 2 aromatic rings. The number of nitriles is 1. The second-order valence-electron chi connectivity index (χ2n) is 4.30. The van der Waals surface area contributed by atoms with E-state index in [1.807, 2.05) is 17.1 Å². The lowest BCUT2D eigenvalue weighted by Crippen LogP contribution is -2.33. The van der Waals surface area contributed by atoms with Crippen LogP contribution in [-0.2, 0) is 0 Å². The number of aromatic nitrogens is 2. The first-order valence-corrected chi connectivity index (χ1v) is 7.92. The Hall–Kier alpha value is -1.36. The van der Waals surface area contributed by atoms with Crippen molar-refractivity contribution in [1.82, 2.24) is 15.0 Å². The van der Waals surface area contributed by atoms with E-state index in [0.717, 1.165) is 22.9 Å². The summed E-state index contributed by atoms with van der Waals surface area (Å²) in [6.45, 7) is 1.03. The number of nitrogens with zero attached hydrogens (tertiary/aromatic N) is 4. The predicted molar refractivity (Wildman–Crippen MR) is 75.0 cm³/mol. The van der Waals surface area contributed by atoms with Crippen molar-refractivity contribution in [3.05, 3.63) is 22.8 Å². The normalized spacial score (nSPS) is 20.3. The standard InChI is InChI=1S/C12H12N4OS2/c1-16-3-5-18-7-9(16)11-14-12(17-15-11)10-8(6-13)2-4-19-10/h2,4,9H,3,5,7H2,1H3. The Balaban J connectivity index is 1.89. The number of rotatable bonds is 2. The van der Waals surface area contributed by atoms with Crippen LogP contribution in [0.1, 0.15) is 17.4 Å². The van der Waals surface area contributed by atoms with Crippen LogP contribution >= 0.6 is 23.1 Å². The van der Waals surface area contributed by atoms with Crippen LogP contribution in [-0.4, -0.2) is 40.1 Å². The van der Waals surface area contributed by atoms with E-state index in [4.69, 9.17) is 9.78 Å². The van der Waals surface area contributed by atoms with Gasteiger partial charge in [-0.3, -0.25) is 4.90 Å². The van der Waals surface area contributed by atoms with Gasteiger partial charge in [0.2, 0.25) is 0 Å². The molecule has 3 rings (SSSR count). The highest BCUT2D eigenvalue weighted by molar-refractivity contribution is 7.99. The van der Waals surface area contributed by atoms with Crippen molar-refractivity contribution in [3.8, 4) is 16.8 Å². The summed E-state index contributed by atoms with van der Waals surface area (Å²) in [4.78, 5) is 7.46. The maximum Gasteiger partial charge on any atom is 0.269 e. The summed E-state index contributed by atoms with van der Waals surface area (Å²) < 4.78 is 5.32. The molecular weight excluding hydrogens is 280 g/mol. The molecule has 0 radical (unpaired) electrons. The Morgan fingerprint density at radius 3 is 3.26 bits per heavy atom. The molecule has 0 aromatic carbocycles. The van der Waals surface area contributed by atoms with E-state index in [-0.39, 0.29) is 6.04 Å². The zero-order chi connectivity index (χ0) is 13.2. The molecular formula is C12H12N4OS2. The number of hydrogen-bond donors (Lipinski definition) is 0. The highest BCUT2D eigenvalue weighted by Gasteiger charge is 2.26. The topological polar surface area (TPSA) is 66.0 Å². The smallest absolute Gasteiger partial charge is 0.269 e. The van der Waals surface area contributed by atoms with Crippen LogP contribution in [0.2, 0.25) is 0 Å². The minimum absolute atomic E-state index is 0.196. The van der Waals surface area contributed by atoms with Gasteiger partial charge in [-0.25, -0.2) is 0 Å². The molecule has 19 heavy (non-hydrogen) atoms. The van der Waals surface area contributed by atoms with Crippen LogP contribution in [0.4, 0.5) is 0 Å². The van der Waals surface area contributed by atoms with Crippen molar-refractivity contribution in [3.63, 3.8) is 0 Å². The van der Waals surface area contributed by atoms with Crippen molar-refractivity contribution in [2.24, 2.45) is 0 Å². The molecule has 0 aliphatic carbocycles. The SMILES string of the molecule is CN1CCSCC1c1noc(-c2sccc2C#N)n1. The lowest BCUT2D eigenvalue weighted by molar-refractivity contribution is 0.257. The summed E-state index contributed by atoms with van der Waals surface area (Å²) in [5.74, 6) is 3.28. The van der Waals surface area contributed by atoms with E-state index < -0.39 is 0 Å². The maximum absolute atomic E-state index is 9.02. The quantitative estimate of drug-likeness (QED) is 0.846. The second kappa shape index (κ2) is 5.33. The van der Waals surface area contributed by atoms with Crippen LogP contribution in [0.5, 0.6) is 0 Å². The zero-order valence-electron chi connectivity index (χ0n) is 10.4. The number of hydrogen-bond acceptors (Lipinski definition) is 7. The van der Waals surface area contributed by atoms with Crippen LogP contribution in [0, 0.1) is 11.3 Å². The van der Waals surface area contributed by atoms with E-state index in [1.165, 1.54) is 11.3 Å². The van der Waals surface area contributed by atoms with E-state index in [2.05, 4.69) is 28.2 Å². The molecule has 1 saturated heterocycles. The van der Waals surface area contributed by atoms with Gasteiger partial charge in [-0.15, -0.1) is 11.3 Å². The summed E-state index contributed by atoms with van der Waals surface area (Å²) >= 11 is 3.35. The molecule has 0 amide bonds. The zero-order valence-corrected chi connectivity index (χ0v) is 12.0. The van der Waals surface area contributed by atoms with Crippen molar-refractivity contribution in [2.45, 2.75) is 6.04 Å². The number of thiophene rings is 1. The van der Waals surface area contributed by atoms with Crippen molar-refractivity contribution < 1.29 is 4.52 Å². The molecule has 3 heterocycles. The first-order valence-electron chi connectivity index (χ1n) is 5.89. The third-order valence-electron chi connectivity index (χ3n) is 3.12. The second-order valence-corrected chi connectivity index (χ2v) is 6.37. The third-order valence-corrected chi connectivity index (χ3v) is 5.04. The van der Waals surface area contributed by atoms with Gasteiger partial charge in [-0.2, -0.15) is 22.0 Å². The van der Waals surface area contributed by atoms with E-state index >= 15 is 0 Å². The van der Waals surface area contributed by atoms with E-state index in [1.54, 1.807) is 6.07 Å². The Kier molecular flexibility index (Phi) is 3.55. The van der Waals surface area contributed by atoms with Crippen LogP contribution < -0.4 is 0 Å². The molecule has 1 aliphatic heterocycles. The summed E-state index contributed by atoms with van der Waals surface area (Å²) in [7, 11) is 2.08. The van der Waals surface area contributed by atoms with Gasteiger partial charge in [0.15, 0.2) is 5.82 Å². The van der Waals surface area contributed by atoms with E-state index in [0.29, 0.717) is 17.3 Å². The Labute approximate surface area is 119 Å².